The van der Waals surface area contributed by atoms with E-state index in [0.717, 1.165) is 24.1 Å². The predicted molar refractivity (Wildman–Crippen MR) is 69.6 cm³/mol. The van der Waals surface area contributed by atoms with Crippen molar-refractivity contribution in [3.05, 3.63) is 34.1 Å². The van der Waals surface area contributed by atoms with Gasteiger partial charge in [0.1, 0.15) is 11.5 Å². The molecule has 18 heavy (non-hydrogen) atoms. The highest BCUT2D eigenvalue weighted by atomic mass is 16.5. The molecule has 94 valence electrons. The third-order valence-electron chi connectivity index (χ3n) is 3.39. The first-order valence-electron chi connectivity index (χ1n) is 6.02. The molecule has 2 aromatic rings. The summed E-state index contributed by atoms with van der Waals surface area (Å²) in [4.78, 5) is 15.5. The highest BCUT2D eigenvalue weighted by Crippen LogP contribution is 2.40. The van der Waals surface area contributed by atoms with Gasteiger partial charge < -0.3 is 14.5 Å². The van der Waals surface area contributed by atoms with Gasteiger partial charge in [-0.25, -0.2) is 0 Å². The van der Waals surface area contributed by atoms with Crippen LogP contribution in [-0.4, -0.2) is 19.2 Å². The lowest BCUT2D eigenvalue weighted by Gasteiger charge is -2.10. The number of methoxy groups -OCH3 is 2. The molecule has 1 aliphatic carbocycles. The summed E-state index contributed by atoms with van der Waals surface area (Å²) in [5.41, 5.74) is 1.71. The summed E-state index contributed by atoms with van der Waals surface area (Å²) in [7, 11) is 3.17. The molecule has 1 N–H and O–H groups in total. The largest absolute Gasteiger partial charge is 0.496 e. The van der Waals surface area contributed by atoms with Crippen LogP contribution in [0.3, 0.4) is 0 Å². The monoisotopic (exact) mass is 245 g/mol. The second kappa shape index (κ2) is 4.05. The van der Waals surface area contributed by atoms with Gasteiger partial charge >= 0.3 is 0 Å². The second-order valence-corrected chi connectivity index (χ2v) is 4.58. The van der Waals surface area contributed by atoms with Gasteiger partial charge in [-0.1, -0.05) is 0 Å². The summed E-state index contributed by atoms with van der Waals surface area (Å²) < 4.78 is 10.6. The molecule has 0 bridgehead atoms. The van der Waals surface area contributed by atoms with Crippen LogP contribution in [0.2, 0.25) is 0 Å². The average molecular weight is 245 g/mol. The molecule has 0 aliphatic heterocycles. The molecule has 4 heteroatoms. The van der Waals surface area contributed by atoms with Crippen molar-refractivity contribution in [1.29, 1.82) is 0 Å². The standard InChI is InChI=1S/C14H15NO3/c1-17-11-5-6-12(18-2)14-13(11)10(16)7-9(15-14)8-3-4-8/h5-8H,3-4H2,1-2H3,(H,15,16). The number of hydrogen-bond acceptors (Lipinski definition) is 3. The third-order valence-corrected chi connectivity index (χ3v) is 3.39. The summed E-state index contributed by atoms with van der Waals surface area (Å²) in [6, 6.07) is 5.25. The van der Waals surface area contributed by atoms with E-state index in [1.807, 2.05) is 6.07 Å². The topological polar surface area (TPSA) is 51.3 Å². The van der Waals surface area contributed by atoms with Gasteiger partial charge in [0.05, 0.1) is 25.1 Å². The average Bonchev–Trinajstić information content (AvgIpc) is 3.21. The van der Waals surface area contributed by atoms with Gasteiger partial charge in [0.15, 0.2) is 5.43 Å². The minimum absolute atomic E-state index is 0.0126. The SMILES string of the molecule is COc1ccc(OC)c2c(=O)cc(C3CC3)[nH]c12. The highest BCUT2D eigenvalue weighted by molar-refractivity contribution is 5.90. The Morgan fingerprint density at radius 2 is 1.83 bits per heavy atom. The fraction of sp³-hybridized carbons (Fsp3) is 0.357. The van der Waals surface area contributed by atoms with E-state index in [9.17, 15) is 4.79 Å². The van der Waals surface area contributed by atoms with E-state index in [1.54, 1.807) is 26.4 Å². The van der Waals surface area contributed by atoms with Crippen LogP contribution in [-0.2, 0) is 0 Å². The molecular weight excluding hydrogens is 230 g/mol. The fourth-order valence-corrected chi connectivity index (χ4v) is 2.28. The molecule has 1 aliphatic rings. The Balaban J connectivity index is 2.36. The van der Waals surface area contributed by atoms with Crippen LogP contribution >= 0.6 is 0 Å². The summed E-state index contributed by atoms with van der Waals surface area (Å²) in [5, 5.41) is 0.557. The van der Waals surface area contributed by atoms with Crippen LogP contribution in [0.4, 0.5) is 0 Å². The lowest BCUT2D eigenvalue weighted by molar-refractivity contribution is 0.409. The Hall–Kier alpha value is -1.97. The quantitative estimate of drug-likeness (QED) is 0.903. The smallest absolute Gasteiger partial charge is 0.193 e. The van der Waals surface area contributed by atoms with Crippen LogP contribution in [0.25, 0.3) is 10.9 Å². The lowest BCUT2D eigenvalue weighted by atomic mass is 10.1. The number of fused-ring (bicyclic) bond motifs is 1. The zero-order chi connectivity index (χ0) is 12.7. The van der Waals surface area contributed by atoms with Crippen LogP contribution in [0.5, 0.6) is 11.5 Å². The number of aromatic amines is 1. The molecule has 3 rings (SSSR count). The Kier molecular flexibility index (Phi) is 2.51. The lowest BCUT2D eigenvalue weighted by Crippen LogP contribution is -2.07. The molecule has 0 radical (unpaired) electrons. The maximum Gasteiger partial charge on any atom is 0.193 e. The van der Waals surface area contributed by atoms with Gasteiger partial charge in [0.25, 0.3) is 0 Å². The molecule has 0 atom stereocenters. The molecule has 1 saturated carbocycles. The predicted octanol–water partition coefficient (Wildman–Crippen LogP) is 2.42. The molecule has 1 heterocycles. The minimum Gasteiger partial charge on any atom is -0.496 e. The zero-order valence-corrected chi connectivity index (χ0v) is 10.4. The van der Waals surface area contributed by atoms with Crippen molar-refractivity contribution in [3.8, 4) is 11.5 Å². The number of H-pyrrole nitrogens is 1. The summed E-state index contributed by atoms with van der Waals surface area (Å²) in [6.45, 7) is 0. The van der Waals surface area contributed by atoms with Gasteiger partial charge in [-0.3, -0.25) is 4.79 Å². The minimum atomic E-state index is -0.0126. The van der Waals surface area contributed by atoms with Crippen molar-refractivity contribution in [2.45, 2.75) is 18.8 Å². The molecule has 1 aromatic carbocycles. The molecular formula is C14H15NO3. The summed E-state index contributed by atoms with van der Waals surface area (Å²) >= 11 is 0. The normalized spacial score (nSPS) is 14.8. The number of aromatic nitrogens is 1. The van der Waals surface area contributed by atoms with Crippen molar-refractivity contribution < 1.29 is 9.47 Å². The third kappa shape index (κ3) is 1.65. The van der Waals surface area contributed by atoms with Gasteiger partial charge in [-0.2, -0.15) is 0 Å². The molecule has 0 spiro atoms. The van der Waals surface area contributed by atoms with Crippen molar-refractivity contribution in [2.75, 3.05) is 14.2 Å². The maximum absolute atomic E-state index is 12.2. The second-order valence-electron chi connectivity index (χ2n) is 4.58. The Labute approximate surface area is 105 Å². The number of ether oxygens (including phenoxy) is 2. The van der Waals surface area contributed by atoms with Crippen molar-refractivity contribution in [3.63, 3.8) is 0 Å². The van der Waals surface area contributed by atoms with Gasteiger partial charge in [-0.05, 0) is 30.9 Å². The van der Waals surface area contributed by atoms with Crippen LogP contribution in [0.1, 0.15) is 24.5 Å². The maximum atomic E-state index is 12.2. The van der Waals surface area contributed by atoms with Gasteiger partial charge in [-0.15, -0.1) is 0 Å². The Morgan fingerprint density at radius 3 is 2.44 bits per heavy atom. The molecule has 0 saturated heterocycles. The van der Waals surface area contributed by atoms with Crippen molar-refractivity contribution in [2.24, 2.45) is 0 Å². The van der Waals surface area contributed by atoms with Crippen LogP contribution in [0.15, 0.2) is 23.0 Å². The van der Waals surface area contributed by atoms with E-state index < -0.39 is 0 Å². The van der Waals surface area contributed by atoms with E-state index in [-0.39, 0.29) is 5.43 Å². The van der Waals surface area contributed by atoms with Crippen molar-refractivity contribution >= 4 is 10.9 Å². The first-order chi connectivity index (χ1) is 8.74. The molecule has 1 aromatic heterocycles. The van der Waals surface area contributed by atoms with Gasteiger partial charge in [0.2, 0.25) is 0 Å². The van der Waals surface area contributed by atoms with E-state index in [4.69, 9.17) is 9.47 Å². The van der Waals surface area contributed by atoms with E-state index >= 15 is 0 Å². The number of benzene rings is 1. The zero-order valence-electron chi connectivity index (χ0n) is 10.4. The number of pyridine rings is 1. The molecule has 1 fully saturated rings. The summed E-state index contributed by atoms with van der Waals surface area (Å²) in [6.07, 6.45) is 2.29. The summed E-state index contributed by atoms with van der Waals surface area (Å²) in [5.74, 6) is 1.75. The van der Waals surface area contributed by atoms with Crippen LogP contribution in [0, 0.1) is 0 Å². The first-order valence-corrected chi connectivity index (χ1v) is 6.02. The van der Waals surface area contributed by atoms with E-state index in [1.165, 1.54) is 0 Å². The molecule has 0 amide bonds. The highest BCUT2D eigenvalue weighted by Gasteiger charge is 2.26. The Morgan fingerprint density at radius 1 is 1.17 bits per heavy atom. The van der Waals surface area contributed by atoms with E-state index in [0.29, 0.717) is 22.8 Å². The number of hydrogen-bond donors (Lipinski definition) is 1. The van der Waals surface area contributed by atoms with Crippen molar-refractivity contribution in [1.82, 2.24) is 4.98 Å². The van der Waals surface area contributed by atoms with Gasteiger partial charge in [0, 0.05) is 11.8 Å². The number of nitrogens with one attached hydrogen (secondary N) is 1. The van der Waals surface area contributed by atoms with Crippen LogP contribution < -0.4 is 14.9 Å². The number of rotatable bonds is 3. The Bertz CT molecular complexity index is 656. The van der Waals surface area contributed by atoms with E-state index in [2.05, 4.69) is 4.98 Å². The molecule has 0 unspecified atom stereocenters. The fourth-order valence-electron chi connectivity index (χ4n) is 2.28. The first kappa shape index (κ1) is 11.1. The molecule has 4 nitrogen and oxygen atoms in total.